The Kier molecular flexibility index (Phi) is 4.07. The van der Waals surface area contributed by atoms with Crippen LogP contribution in [0.25, 0.3) is 0 Å². The van der Waals surface area contributed by atoms with E-state index in [0.29, 0.717) is 13.0 Å². The maximum absolute atomic E-state index is 10.0. The van der Waals surface area contributed by atoms with Crippen LogP contribution in [0, 0.1) is 0 Å². The summed E-state index contributed by atoms with van der Waals surface area (Å²) in [5.74, 6) is 0. The number of nitrogens with one attached hydrogen (secondary N) is 1. The van der Waals surface area contributed by atoms with E-state index in [1.54, 1.807) is 6.92 Å². The van der Waals surface area contributed by atoms with Crippen LogP contribution in [0.2, 0.25) is 0 Å². The van der Waals surface area contributed by atoms with Crippen LogP contribution < -0.4 is 5.32 Å². The minimum atomic E-state index is -1.02. The summed E-state index contributed by atoms with van der Waals surface area (Å²) in [5, 5.41) is 21.6. The normalized spacial score (nSPS) is 15.1. The van der Waals surface area contributed by atoms with E-state index < -0.39 is 5.72 Å². The highest BCUT2D eigenvalue weighted by Gasteiger charge is 2.20. The SMILES string of the molecule is CC(O)(NCCCO)c1ccccc1. The molecule has 0 saturated heterocycles. The zero-order chi connectivity index (χ0) is 10.4. The summed E-state index contributed by atoms with van der Waals surface area (Å²) in [6, 6.07) is 9.42. The first-order valence-electron chi connectivity index (χ1n) is 4.80. The molecule has 1 rings (SSSR count). The van der Waals surface area contributed by atoms with Crippen molar-refractivity contribution < 1.29 is 10.2 Å². The van der Waals surface area contributed by atoms with E-state index in [0.717, 1.165) is 5.56 Å². The first-order chi connectivity index (χ1) is 6.67. The molecule has 1 unspecified atom stereocenters. The van der Waals surface area contributed by atoms with Gasteiger partial charge in [0.1, 0.15) is 5.72 Å². The van der Waals surface area contributed by atoms with E-state index >= 15 is 0 Å². The second-order valence-electron chi connectivity index (χ2n) is 3.44. The molecular formula is C11H17NO2. The molecule has 0 bridgehead atoms. The fraction of sp³-hybridized carbons (Fsp3) is 0.455. The molecule has 0 aromatic heterocycles. The lowest BCUT2D eigenvalue weighted by Gasteiger charge is -2.25. The molecule has 3 heteroatoms. The highest BCUT2D eigenvalue weighted by Crippen LogP contribution is 2.16. The lowest BCUT2D eigenvalue weighted by Crippen LogP contribution is -2.40. The van der Waals surface area contributed by atoms with Gasteiger partial charge >= 0.3 is 0 Å². The molecular weight excluding hydrogens is 178 g/mol. The van der Waals surface area contributed by atoms with Gasteiger partial charge in [-0.2, -0.15) is 0 Å². The van der Waals surface area contributed by atoms with E-state index in [1.165, 1.54) is 0 Å². The van der Waals surface area contributed by atoms with E-state index in [-0.39, 0.29) is 6.61 Å². The van der Waals surface area contributed by atoms with Crippen LogP contribution in [0.4, 0.5) is 0 Å². The lowest BCUT2D eigenvalue weighted by molar-refractivity contribution is 0.0189. The largest absolute Gasteiger partial charge is 0.396 e. The minimum Gasteiger partial charge on any atom is -0.396 e. The van der Waals surface area contributed by atoms with E-state index in [2.05, 4.69) is 5.32 Å². The average Bonchev–Trinajstić information content (AvgIpc) is 2.19. The molecule has 1 atom stereocenters. The first kappa shape index (κ1) is 11.2. The number of aliphatic hydroxyl groups is 2. The van der Waals surface area contributed by atoms with Crippen LogP contribution >= 0.6 is 0 Å². The Labute approximate surface area is 84.4 Å². The Balaban J connectivity index is 2.56. The molecule has 0 fully saturated rings. The Hall–Kier alpha value is -0.900. The molecule has 0 aliphatic carbocycles. The second-order valence-corrected chi connectivity index (χ2v) is 3.44. The van der Waals surface area contributed by atoms with Crippen molar-refractivity contribution in [2.24, 2.45) is 0 Å². The van der Waals surface area contributed by atoms with Gasteiger partial charge in [-0.1, -0.05) is 30.3 Å². The predicted octanol–water partition coefficient (Wildman–Crippen LogP) is 0.824. The molecule has 0 spiro atoms. The van der Waals surface area contributed by atoms with Crippen LogP contribution in [0.3, 0.4) is 0 Å². The van der Waals surface area contributed by atoms with Gasteiger partial charge in [0.15, 0.2) is 0 Å². The van der Waals surface area contributed by atoms with Crippen LogP contribution in [-0.4, -0.2) is 23.4 Å². The molecule has 0 heterocycles. The molecule has 1 aromatic carbocycles. The fourth-order valence-corrected chi connectivity index (χ4v) is 1.28. The smallest absolute Gasteiger partial charge is 0.139 e. The molecule has 0 aliphatic rings. The van der Waals surface area contributed by atoms with Gasteiger partial charge in [0.2, 0.25) is 0 Å². The third kappa shape index (κ3) is 3.10. The standard InChI is InChI=1S/C11H17NO2/c1-11(14,12-8-5-9-13)10-6-3-2-4-7-10/h2-4,6-7,12-14H,5,8-9H2,1H3. The maximum atomic E-state index is 10.0. The Morgan fingerprint density at radius 1 is 1.29 bits per heavy atom. The fourth-order valence-electron chi connectivity index (χ4n) is 1.28. The van der Waals surface area contributed by atoms with Crippen LogP contribution in [0.5, 0.6) is 0 Å². The Morgan fingerprint density at radius 3 is 2.50 bits per heavy atom. The van der Waals surface area contributed by atoms with Gasteiger partial charge in [-0.15, -0.1) is 0 Å². The van der Waals surface area contributed by atoms with Gasteiger partial charge in [0, 0.05) is 13.2 Å². The minimum absolute atomic E-state index is 0.137. The summed E-state index contributed by atoms with van der Waals surface area (Å²) in [7, 11) is 0. The summed E-state index contributed by atoms with van der Waals surface area (Å²) in [6.07, 6.45) is 0.642. The number of benzene rings is 1. The molecule has 0 aliphatic heterocycles. The molecule has 0 saturated carbocycles. The lowest BCUT2D eigenvalue weighted by atomic mass is 10.1. The third-order valence-electron chi connectivity index (χ3n) is 2.14. The van der Waals surface area contributed by atoms with Crippen molar-refractivity contribution >= 4 is 0 Å². The molecule has 0 amide bonds. The van der Waals surface area contributed by atoms with Gasteiger partial charge in [-0.3, -0.25) is 5.32 Å². The summed E-state index contributed by atoms with van der Waals surface area (Å²) < 4.78 is 0. The average molecular weight is 195 g/mol. The third-order valence-corrected chi connectivity index (χ3v) is 2.14. The monoisotopic (exact) mass is 195 g/mol. The number of rotatable bonds is 5. The Morgan fingerprint density at radius 2 is 1.93 bits per heavy atom. The van der Waals surface area contributed by atoms with Gasteiger partial charge in [-0.25, -0.2) is 0 Å². The summed E-state index contributed by atoms with van der Waals surface area (Å²) >= 11 is 0. The maximum Gasteiger partial charge on any atom is 0.139 e. The molecule has 3 nitrogen and oxygen atoms in total. The van der Waals surface area contributed by atoms with Gasteiger partial charge < -0.3 is 10.2 Å². The van der Waals surface area contributed by atoms with Crippen molar-refractivity contribution in [3.8, 4) is 0 Å². The summed E-state index contributed by atoms with van der Waals surface area (Å²) in [4.78, 5) is 0. The van der Waals surface area contributed by atoms with Gasteiger partial charge in [-0.05, 0) is 18.9 Å². The van der Waals surface area contributed by atoms with Crippen LogP contribution in [0.15, 0.2) is 30.3 Å². The molecule has 14 heavy (non-hydrogen) atoms. The van der Waals surface area contributed by atoms with E-state index in [4.69, 9.17) is 5.11 Å². The molecule has 3 N–H and O–H groups in total. The van der Waals surface area contributed by atoms with Crippen LogP contribution in [0.1, 0.15) is 18.9 Å². The number of aliphatic hydroxyl groups excluding tert-OH is 1. The Bertz CT molecular complexity index is 259. The number of hydrogen-bond donors (Lipinski definition) is 3. The summed E-state index contributed by atoms with van der Waals surface area (Å²) in [5.41, 5.74) is -0.186. The summed E-state index contributed by atoms with van der Waals surface area (Å²) in [6.45, 7) is 2.44. The molecule has 0 radical (unpaired) electrons. The van der Waals surface area contributed by atoms with E-state index in [1.807, 2.05) is 30.3 Å². The van der Waals surface area contributed by atoms with Gasteiger partial charge in [0.05, 0.1) is 0 Å². The number of hydrogen-bond acceptors (Lipinski definition) is 3. The molecule has 1 aromatic rings. The van der Waals surface area contributed by atoms with Crippen molar-refractivity contribution in [1.29, 1.82) is 0 Å². The second kappa shape index (κ2) is 5.10. The highest BCUT2D eigenvalue weighted by atomic mass is 16.3. The topological polar surface area (TPSA) is 52.5 Å². The van der Waals surface area contributed by atoms with Crippen molar-refractivity contribution in [2.45, 2.75) is 19.1 Å². The van der Waals surface area contributed by atoms with Crippen molar-refractivity contribution in [3.05, 3.63) is 35.9 Å². The highest BCUT2D eigenvalue weighted by molar-refractivity contribution is 5.20. The quantitative estimate of drug-likeness (QED) is 0.481. The van der Waals surface area contributed by atoms with Crippen molar-refractivity contribution in [2.75, 3.05) is 13.2 Å². The zero-order valence-electron chi connectivity index (χ0n) is 8.40. The van der Waals surface area contributed by atoms with Crippen LogP contribution in [-0.2, 0) is 5.72 Å². The predicted molar refractivity (Wildman–Crippen MR) is 55.7 cm³/mol. The van der Waals surface area contributed by atoms with Gasteiger partial charge in [0.25, 0.3) is 0 Å². The molecule has 78 valence electrons. The van der Waals surface area contributed by atoms with E-state index in [9.17, 15) is 5.11 Å². The first-order valence-corrected chi connectivity index (χ1v) is 4.80. The van der Waals surface area contributed by atoms with Crippen molar-refractivity contribution in [3.63, 3.8) is 0 Å². The van der Waals surface area contributed by atoms with Crippen molar-refractivity contribution in [1.82, 2.24) is 5.32 Å². The zero-order valence-corrected chi connectivity index (χ0v) is 8.40.